The Morgan fingerprint density at radius 2 is 1.57 bits per heavy atom. The van der Waals surface area contributed by atoms with Crippen LogP contribution in [0.4, 0.5) is 0 Å². The second kappa shape index (κ2) is 17.4. The van der Waals surface area contributed by atoms with Gasteiger partial charge in [-0.05, 0) is 92.8 Å². The number of hydrogen-bond acceptors (Lipinski definition) is 6. The van der Waals surface area contributed by atoms with Crippen LogP contribution in [0.25, 0.3) is 0 Å². The van der Waals surface area contributed by atoms with Gasteiger partial charge >= 0.3 is 0 Å². The molecule has 258 valence electrons. The number of ketones is 1. The molecule has 0 unspecified atom stereocenters. The first-order valence-electron chi connectivity index (χ1n) is 17.6. The number of carbonyl (C=O) groups excluding carboxylic acids is 3. The second-order valence-electron chi connectivity index (χ2n) is 13.6. The number of aryl methyl sites for hydroxylation is 1. The van der Waals surface area contributed by atoms with Gasteiger partial charge in [0, 0.05) is 31.2 Å². The standard InChI is InChI=1S/C37H54N4O5S/c1-5-21-41(22-6-2)47(45,46)31-19-17-29(18-20-31)36(43)38-33-16-10-9-15-32(33)37(44)39-34(24-27(3)4)35(42)26-40-23-11-14-28-12-7-8-13-30(28)25-40/h7-8,12-13,17-20,27,32-34H,5-6,9-11,14-16,21-26H2,1-4H3,(H,38,43)(H,39,44)/t32-,33+,34+/m1/s1. The fourth-order valence-electron chi connectivity index (χ4n) is 6.90. The summed E-state index contributed by atoms with van der Waals surface area (Å²) in [7, 11) is -3.65. The smallest absolute Gasteiger partial charge is 0.251 e. The highest BCUT2D eigenvalue weighted by atomic mass is 32.2. The highest BCUT2D eigenvalue weighted by Gasteiger charge is 2.35. The van der Waals surface area contributed by atoms with Crippen molar-refractivity contribution >= 4 is 27.6 Å². The molecule has 1 aliphatic carbocycles. The van der Waals surface area contributed by atoms with E-state index in [2.05, 4.69) is 47.6 Å². The van der Waals surface area contributed by atoms with Gasteiger partial charge in [-0.25, -0.2) is 8.42 Å². The van der Waals surface area contributed by atoms with Crippen molar-refractivity contribution in [3.63, 3.8) is 0 Å². The number of sulfonamides is 1. The quantitative estimate of drug-likeness (QED) is 0.266. The number of benzene rings is 2. The zero-order valence-electron chi connectivity index (χ0n) is 28.7. The number of nitrogens with one attached hydrogen (secondary N) is 2. The van der Waals surface area contributed by atoms with Gasteiger partial charge in [0.05, 0.1) is 23.4 Å². The third-order valence-corrected chi connectivity index (χ3v) is 11.3. The SMILES string of the molecule is CCCN(CCC)S(=O)(=O)c1ccc(C(=O)N[C@H]2CCCC[C@H]2C(=O)N[C@@H](CC(C)C)C(=O)CN2CCCc3ccccc3C2)cc1. The van der Waals surface area contributed by atoms with Crippen molar-refractivity contribution in [1.82, 2.24) is 19.8 Å². The molecule has 1 heterocycles. The van der Waals surface area contributed by atoms with Gasteiger partial charge in [0.2, 0.25) is 15.9 Å². The molecule has 2 aliphatic rings. The highest BCUT2D eigenvalue weighted by Crippen LogP contribution is 2.26. The molecule has 1 fully saturated rings. The summed E-state index contributed by atoms with van der Waals surface area (Å²) in [5.74, 6) is -0.734. The lowest BCUT2D eigenvalue weighted by atomic mass is 9.83. The molecule has 0 aromatic heterocycles. The molecule has 4 rings (SSSR count). The third kappa shape index (κ3) is 9.97. The molecule has 10 heteroatoms. The van der Waals surface area contributed by atoms with E-state index >= 15 is 0 Å². The van der Waals surface area contributed by atoms with Crippen LogP contribution in [0.5, 0.6) is 0 Å². The first-order valence-corrected chi connectivity index (χ1v) is 19.0. The fourth-order valence-corrected chi connectivity index (χ4v) is 8.53. The second-order valence-corrected chi connectivity index (χ2v) is 15.6. The van der Waals surface area contributed by atoms with Gasteiger partial charge in [0.25, 0.3) is 5.91 Å². The van der Waals surface area contributed by atoms with Crippen LogP contribution in [-0.2, 0) is 32.6 Å². The van der Waals surface area contributed by atoms with Crippen LogP contribution in [0.15, 0.2) is 53.4 Å². The maximum absolute atomic E-state index is 13.8. The Kier molecular flexibility index (Phi) is 13.6. The number of Topliss-reactive ketones (excluding diaryl/α,β-unsaturated/α-hetero) is 1. The predicted octanol–water partition coefficient (Wildman–Crippen LogP) is 5.33. The summed E-state index contributed by atoms with van der Waals surface area (Å²) in [6.07, 6.45) is 7.04. The maximum atomic E-state index is 13.8. The average Bonchev–Trinajstić information content (AvgIpc) is 3.26. The summed E-state index contributed by atoms with van der Waals surface area (Å²) in [6, 6.07) is 13.5. The van der Waals surface area contributed by atoms with Crippen molar-refractivity contribution in [2.24, 2.45) is 11.8 Å². The van der Waals surface area contributed by atoms with E-state index in [9.17, 15) is 22.8 Å². The molecule has 2 N–H and O–H groups in total. The van der Waals surface area contributed by atoms with Gasteiger partial charge in [-0.2, -0.15) is 4.31 Å². The van der Waals surface area contributed by atoms with Crippen molar-refractivity contribution in [2.75, 3.05) is 26.2 Å². The van der Waals surface area contributed by atoms with Crippen molar-refractivity contribution in [1.29, 1.82) is 0 Å². The lowest BCUT2D eigenvalue weighted by Gasteiger charge is -2.33. The van der Waals surface area contributed by atoms with Gasteiger partial charge < -0.3 is 10.6 Å². The molecule has 2 aromatic rings. The molecule has 0 spiro atoms. The molecular weight excluding hydrogens is 612 g/mol. The van der Waals surface area contributed by atoms with Crippen molar-refractivity contribution in [3.05, 3.63) is 65.2 Å². The summed E-state index contributed by atoms with van der Waals surface area (Å²) >= 11 is 0. The summed E-state index contributed by atoms with van der Waals surface area (Å²) in [4.78, 5) is 43.1. The number of rotatable bonds is 15. The zero-order chi connectivity index (χ0) is 34.0. The van der Waals surface area contributed by atoms with Crippen LogP contribution in [0.2, 0.25) is 0 Å². The molecule has 1 saturated carbocycles. The van der Waals surface area contributed by atoms with Crippen LogP contribution in [0.3, 0.4) is 0 Å². The Hall–Kier alpha value is -3.08. The van der Waals surface area contributed by atoms with Crippen LogP contribution in [0.1, 0.15) is 101 Å². The van der Waals surface area contributed by atoms with Crippen LogP contribution < -0.4 is 10.6 Å². The Balaban J connectivity index is 1.40. The number of amides is 2. The first-order chi connectivity index (χ1) is 22.5. The topological polar surface area (TPSA) is 116 Å². The van der Waals surface area contributed by atoms with Gasteiger partial charge in [0.1, 0.15) is 0 Å². The number of carbonyl (C=O) groups is 3. The molecule has 9 nitrogen and oxygen atoms in total. The Morgan fingerprint density at radius 1 is 0.915 bits per heavy atom. The number of fused-ring (bicyclic) bond motifs is 1. The summed E-state index contributed by atoms with van der Waals surface area (Å²) in [6.45, 7) is 10.7. The van der Waals surface area contributed by atoms with E-state index in [1.54, 1.807) is 0 Å². The summed E-state index contributed by atoms with van der Waals surface area (Å²) < 4.78 is 27.8. The van der Waals surface area contributed by atoms with E-state index in [1.807, 2.05) is 19.9 Å². The Bertz CT molecular complexity index is 1450. The van der Waals surface area contributed by atoms with E-state index in [-0.39, 0.29) is 41.0 Å². The Labute approximate surface area is 281 Å². The summed E-state index contributed by atoms with van der Waals surface area (Å²) in [5, 5.41) is 6.16. The average molecular weight is 667 g/mol. The van der Waals surface area contributed by atoms with E-state index in [0.29, 0.717) is 37.9 Å². The van der Waals surface area contributed by atoms with Gasteiger partial charge in [-0.1, -0.05) is 64.8 Å². The lowest BCUT2D eigenvalue weighted by Crippen LogP contribution is -2.53. The van der Waals surface area contributed by atoms with Gasteiger partial charge in [-0.3, -0.25) is 19.3 Å². The monoisotopic (exact) mass is 666 g/mol. The fraction of sp³-hybridized carbons (Fsp3) is 0.595. The Morgan fingerprint density at radius 3 is 2.23 bits per heavy atom. The molecule has 3 atom stereocenters. The molecule has 0 radical (unpaired) electrons. The van der Waals surface area contributed by atoms with E-state index < -0.39 is 22.0 Å². The maximum Gasteiger partial charge on any atom is 0.251 e. The minimum Gasteiger partial charge on any atom is -0.349 e. The van der Waals surface area contributed by atoms with E-state index in [4.69, 9.17) is 0 Å². The zero-order valence-corrected chi connectivity index (χ0v) is 29.5. The van der Waals surface area contributed by atoms with Crippen molar-refractivity contribution in [3.8, 4) is 0 Å². The third-order valence-electron chi connectivity index (χ3n) is 9.34. The van der Waals surface area contributed by atoms with E-state index in [0.717, 1.165) is 51.6 Å². The minimum atomic E-state index is -3.65. The molecular formula is C37H54N4O5S. The normalized spacial score (nSPS) is 19.5. The van der Waals surface area contributed by atoms with Crippen LogP contribution >= 0.6 is 0 Å². The van der Waals surface area contributed by atoms with Crippen LogP contribution in [-0.4, -0.2) is 73.5 Å². The largest absolute Gasteiger partial charge is 0.349 e. The minimum absolute atomic E-state index is 0.0225. The van der Waals surface area contributed by atoms with Crippen LogP contribution in [0, 0.1) is 11.8 Å². The van der Waals surface area contributed by atoms with E-state index in [1.165, 1.54) is 39.7 Å². The molecule has 47 heavy (non-hydrogen) atoms. The predicted molar refractivity (Wildman–Crippen MR) is 185 cm³/mol. The molecule has 0 bridgehead atoms. The van der Waals surface area contributed by atoms with Crippen molar-refractivity contribution in [2.45, 2.75) is 109 Å². The van der Waals surface area contributed by atoms with Crippen molar-refractivity contribution < 1.29 is 22.8 Å². The van der Waals surface area contributed by atoms with Gasteiger partial charge in [-0.15, -0.1) is 0 Å². The highest BCUT2D eigenvalue weighted by molar-refractivity contribution is 7.89. The molecule has 2 aromatic carbocycles. The lowest BCUT2D eigenvalue weighted by molar-refractivity contribution is -0.132. The first kappa shape index (κ1) is 36.8. The number of nitrogens with zero attached hydrogens (tertiary/aromatic N) is 2. The summed E-state index contributed by atoms with van der Waals surface area (Å²) in [5.41, 5.74) is 2.94. The molecule has 0 saturated heterocycles. The number of hydrogen-bond donors (Lipinski definition) is 2. The van der Waals surface area contributed by atoms with Gasteiger partial charge in [0.15, 0.2) is 5.78 Å². The molecule has 2 amide bonds. The molecule has 1 aliphatic heterocycles.